The molecule has 1 heterocycles. The molecule has 2 rings (SSSR count). The van der Waals surface area contributed by atoms with E-state index in [1.165, 1.54) is 56.4 Å². The van der Waals surface area contributed by atoms with Gasteiger partial charge in [0.1, 0.15) is 0 Å². The third kappa shape index (κ3) is 4.32. The Hall–Kier alpha value is -0.860. The van der Waals surface area contributed by atoms with E-state index >= 15 is 0 Å². The molecule has 1 saturated heterocycles. The van der Waals surface area contributed by atoms with Crippen LogP contribution in [0.5, 0.6) is 0 Å². The summed E-state index contributed by atoms with van der Waals surface area (Å²) < 4.78 is 0. The molecule has 0 bridgehead atoms. The third-order valence-electron chi connectivity index (χ3n) is 4.07. The van der Waals surface area contributed by atoms with E-state index in [1.807, 2.05) is 0 Å². The van der Waals surface area contributed by atoms with Crippen LogP contribution >= 0.6 is 0 Å². The standard InChI is InChI=1S/C17H28N2/c1-3-4-9-17(16-8-5-7-15(2)14-16)19-12-6-10-18-11-13-19/h5,7-8,14,17-18H,3-4,6,9-13H2,1-2H3. The van der Waals surface area contributed by atoms with Gasteiger partial charge in [-0.05, 0) is 31.9 Å². The van der Waals surface area contributed by atoms with Crippen molar-refractivity contribution in [3.8, 4) is 0 Å². The number of unbranched alkanes of at least 4 members (excludes halogenated alkanes) is 1. The molecule has 19 heavy (non-hydrogen) atoms. The third-order valence-corrected chi connectivity index (χ3v) is 4.07. The molecule has 0 spiro atoms. The van der Waals surface area contributed by atoms with Crippen molar-refractivity contribution in [3.05, 3.63) is 35.4 Å². The monoisotopic (exact) mass is 260 g/mol. The van der Waals surface area contributed by atoms with E-state index in [2.05, 4.69) is 48.3 Å². The van der Waals surface area contributed by atoms with E-state index in [4.69, 9.17) is 0 Å². The predicted molar refractivity (Wildman–Crippen MR) is 82.5 cm³/mol. The SMILES string of the molecule is CCCCC(c1cccc(C)c1)N1CCCNCC1. The maximum atomic E-state index is 3.51. The van der Waals surface area contributed by atoms with Gasteiger partial charge in [0, 0.05) is 25.7 Å². The summed E-state index contributed by atoms with van der Waals surface area (Å²) in [7, 11) is 0. The van der Waals surface area contributed by atoms with Crippen LogP contribution in [0.1, 0.15) is 49.8 Å². The maximum absolute atomic E-state index is 3.51. The minimum Gasteiger partial charge on any atom is -0.315 e. The first kappa shape index (κ1) is 14.5. The molecule has 0 amide bonds. The van der Waals surface area contributed by atoms with Gasteiger partial charge in [-0.2, -0.15) is 0 Å². The first-order valence-electron chi connectivity index (χ1n) is 7.82. The second-order valence-corrected chi connectivity index (χ2v) is 5.71. The van der Waals surface area contributed by atoms with Crippen molar-refractivity contribution in [2.24, 2.45) is 0 Å². The maximum Gasteiger partial charge on any atom is 0.0348 e. The smallest absolute Gasteiger partial charge is 0.0348 e. The van der Waals surface area contributed by atoms with Gasteiger partial charge < -0.3 is 5.32 Å². The molecule has 2 nitrogen and oxygen atoms in total. The number of hydrogen-bond acceptors (Lipinski definition) is 2. The van der Waals surface area contributed by atoms with E-state index in [9.17, 15) is 0 Å². The molecule has 1 aliphatic rings. The molecular weight excluding hydrogens is 232 g/mol. The van der Waals surface area contributed by atoms with Crippen LogP contribution in [-0.4, -0.2) is 31.1 Å². The largest absolute Gasteiger partial charge is 0.315 e. The van der Waals surface area contributed by atoms with Crippen molar-refractivity contribution in [2.75, 3.05) is 26.2 Å². The van der Waals surface area contributed by atoms with Crippen LogP contribution < -0.4 is 5.32 Å². The van der Waals surface area contributed by atoms with Crippen molar-refractivity contribution in [1.82, 2.24) is 10.2 Å². The highest BCUT2D eigenvalue weighted by Gasteiger charge is 2.20. The molecule has 1 aliphatic heterocycles. The van der Waals surface area contributed by atoms with Crippen LogP contribution in [-0.2, 0) is 0 Å². The fourth-order valence-electron chi connectivity index (χ4n) is 3.01. The average Bonchev–Trinajstić information content (AvgIpc) is 2.68. The lowest BCUT2D eigenvalue weighted by molar-refractivity contribution is 0.197. The number of aryl methyl sites for hydroxylation is 1. The molecule has 1 fully saturated rings. The van der Waals surface area contributed by atoms with Crippen LogP contribution in [0.25, 0.3) is 0 Å². The minimum absolute atomic E-state index is 0.611. The Bertz CT molecular complexity index is 367. The van der Waals surface area contributed by atoms with E-state index in [0.29, 0.717) is 6.04 Å². The van der Waals surface area contributed by atoms with Gasteiger partial charge in [0.05, 0.1) is 0 Å². The molecule has 2 heteroatoms. The second-order valence-electron chi connectivity index (χ2n) is 5.71. The molecule has 0 aliphatic carbocycles. The first-order chi connectivity index (χ1) is 9.31. The zero-order chi connectivity index (χ0) is 13.5. The van der Waals surface area contributed by atoms with Gasteiger partial charge in [0.15, 0.2) is 0 Å². The summed E-state index contributed by atoms with van der Waals surface area (Å²) in [5.41, 5.74) is 2.89. The van der Waals surface area contributed by atoms with Crippen LogP contribution in [0.4, 0.5) is 0 Å². The van der Waals surface area contributed by atoms with Gasteiger partial charge in [-0.15, -0.1) is 0 Å². The summed E-state index contributed by atoms with van der Waals surface area (Å²) >= 11 is 0. The molecule has 0 radical (unpaired) electrons. The molecule has 1 unspecified atom stereocenters. The highest BCUT2D eigenvalue weighted by molar-refractivity contribution is 5.25. The molecule has 0 saturated carbocycles. The van der Waals surface area contributed by atoms with Gasteiger partial charge in [-0.1, -0.05) is 49.6 Å². The summed E-state index contributed by atoms with van der Waals surface area (Å²) in [5, 5.41) is 3.51. The van der Waals surface area contributed by atoms with Crippen LogP contribution in [0.3, 0.4) is 0 Å². The summed E-state index contributed by atoms with van der Waals surface area (Å²) in [5.74, 6) is 0. The number of benzene rings is 1. The van der Waals surface area contributed by atoms with E-state index < -0.39 is 0 Å². The van der Waals surface area contributed by atoms with Crippen LogP contribution in [0.15, 0.2) is 24.3 Å². The Balaban J connectivity index is 2.13. The van der Waals surface area contributed by atoms with Crippen molar-refractivity contribution < 1.29 is 0 Å². The Morgan fingerprint density at radius 3 is 2.95 bits per heavy atom. The topological polar surface area (TPSA) is 15.3 Å². The van der Waals surface area contributed by atoms with Crippen molar-refractivity contribution in [2.45, 2.75) is 45.6 Å². The highest BCUT2D eigenvalue weighted by atomic mass is 15.2. The zero-order valence-corrected chi connectivity index (χ0v) is 12.5. The summed E-state index contributed by atoms with van der Waals surface area (Å²) in [6.07, 6.45) is 5.17. The molecule has 1 atom stereocenters. The fourth-order valence-corrected chi connectivity index (χ4v) is 3.01. The molecule has 0 aromatic heterocycles. The number of hydrogen-bond donors (Lipinski definition) is 1. The van der Waals surface area contributed by atoms with Crippen molar-refractivity contribution in [3.63, 3.8) is 0 Å². The summed E-state index contributed by atoms with van der Waals surface area (Å²) in [6, 6.07) is 9.70. The Kier molecular flexibility index (Phi) is 5.87. The van der Waals surface area contributed by atoms with Crippen LogP contribution in [0.2, 0.25) is 0 Å². The quantitative estimate of drug-likeness (QED) is 0.871. The lowest BCUT2D eigenvalue weighted by Crippen LogP contribution is -2.32. The minimum atomic E-state index is 0.611. The second kappa shape index (κ2) is 7.66. The fraction of sp³-hybridized carbons (Fsp3) is 0.647. The molecule has 106 valence electrons. The number of nitrogens with zero attached hydrogens (tertiary/aromatic N) is 1. The number of rotatable bonds is 5. The molecule has 1 N–H and O–H groups in total. The lowest BCUT2D eigenvalue weighted by Gasteiger charge is -2.31. The predicted octanol–water partition coefficient (Wildman–Crippen LogP) is 3.52. The Morgan fingerprint density at radius 2 is 2.16 bits per heavy atom. The Labute approximate surface area is 118 Å². The molecule has 1 aromatic rings. The first-order valence-corrected chi connectivity index (χ1v) is 7.82. The van der Waals surface area contributed by atoms with E-state index in [1.54, 1.807) is 0 Å². The summed E-state index contributed by atoms with van der Waals surface area (Å²) in [4.78, 5) is 2.68. The van der Waals surface area contributed by atoms with Crippen molar-refractivity contribution >= 4 is 0 Å². The van der Waals surface area contributed by atoms with Gasteiger partial charge in [-0.25, -0.2) is 0 Å². The molecule has 1 aromatic carbocycles. The van der Waals surface area contributed by atoms with E-state index in [0.717, 1.165) is 6.54 Å². The number of nitrogens with one attached hydrogen (secondary N) is 1. The van der Waals surface area contributed by atoms with Gasteiger partial charge in [0.25, 0.3) is 0 Å². The zero-order valence-electron chi connectivity index (χ0n) is 12.5. The highest BCUT2D eigenvalue weighted by Crippen LogP contribution is 2.27. The van der Waals surface area contributed by atoms with Crippen molar-refractivity contribution in [1.29, 1.82) is 0 Å². The van der Waals surface area contributed by atoms with Gasteiger partial charge >= 0.3 is 0 Å². The Morgan fingerprint density at radius 1 is 1.26 bits per heavy atom. The van der Waals surface area contributed by atoms with Gasteiger partial charge in [0.2, 0.25) is 0 Å². The summed E-state index contributed by atoms with van der Waals surface area (Å²) in [6.45, 7) is 9.21. The average molecular weight is 260 g/mol. The van der Waals surface area contributed by atoms with Crippen LogP contribution in [0, 0.1) is 6.92 Å². The lowest BCUT2D eigenvalue weighted by atomic mass is 9.97. The van der Waals surface area contributed by atoms with Gasteiger partial charge in [-0.3, -0.25) is 4.90 Å². The molecular formula is C17H28N2. The van der Waals surface area contributed by atoms with E-state index in [-0.39, 0.29) is 0 Å². The normalized spacial score (nSPS) is 19.1.